The lowest BCUT2D eigenvalue weighted by molar-refractivity contribution is -0.138. The van der Waals surface area contributed by atoms with E-state index in [1.165, 1.54) is 18.2 Å². The van der Waals surface area contributed by atoms with Crippen LogP contribution < -0.4 is 10.1 Å². The Kier molecular flexibility index (Phi) is 4.80. The molecule has 0 amide bonds. The number of carboxylic acids is 1. The third-order valence-corrected chi connectivity index (χ3v) is 3.41. The Balaban J connectivity index is 2.30. The highest BCUT2D eigenvalue weighted by Gasteiger charge is 2.23. The molecule has 1 atom stereocenters. The van der Waals surface area contributed by atoms with Crippen molar-refractivity contribution < 1.29 is 19.0 Å². The minimum absolute atomic E-state index is 0.0627. The first kappa shape index (κ1) is 15.3. The van der Waals surface area contributed by atoms with E-state index in [9.17, 15) is 14.3 Å². The van der Waals surface area contributed by atoms with Crippen molar-refractivity contribution in [2.24, 2.45) is 0 Å². The number of halogens is 2. The van der Waals surface area contributed by atoms with Gasteiger partial charge in [-0.1, -0.05) is 15.9 Å². The van der Waals surface area contributed by atoms with Gasteiger partial charge in [-0.25, -0.2) is 9.18 Å². The van der Waals surface area contributed by atoms with Gasteiger partial charge >= 0.3 is 5.97 Å². The fraction of sp³-hybridized carbons (Fsp3) is 0.133. The molecule has 0 radical (unpaired) electrons. The molecule has 110 valence electrons. The number of methoxy groups -OCH3 is 1. The SMILES string of the molecule is COc1ccc(NC(C(=O)O)c2cc(Br)ccc2F)cc1. The second kappa shape index (κ2) is 6.58. The highest BCUT2D eigenvalue weighted by molar-refractivity contribution is 9.10. The third-order valence-electron chi connectivity index (χ3n) is 2.92. The number of nitrogens with one attached hydrogen (secondary N) is 1. The monoisotopic (exact) mass is 353 g/mol. The van der Waals surface area contributed by atoms with Gasteiger partial charge in [0, 0.05) is 15.7 Å². The lowest BCUT2D eigenvalue weighted by Crippen LogP contribution is -2.21. The molecule has 0 saturated heterocycles. The summed E-state index contributed by atoms with van der Waals surface area (Å²) >= 11 is 3.21. The summed E-state index contributed by atoms with van der Waals surface area (Å²) in [6, 6.07) is 9.74. The van der Waals surface area contributed by atoms with Gasteiger partial charge in [-0.05, 0) is 42.5 Å². The van der Waals surface area contributed by atoms with Gasteiger partial charge in [0.25, 0.3) is 0 Å². The third kappa shape index (κ3) is 3.72. The highest BCUT2D eigenvalue weighted by atomic mass is 79.9. The van der Waals surface area contributed by atoms with Gasteiger partial charge in [0.05, 0.1) is 7.11 Å². The van der Waals surface area contributed by atoms with E-state index in [2.05, 4.69) is 21.2 Å². The number of benzene rings is 2. The fourth-order valence-corrected chi connectivity index (χ4v) is 2.24. The molecule has 0 fully saturated rings. The first-order chi connectivity index (χ1) is 10.0. The van der Waals surface area contributed by atoms with Crippen LogP contribution in [-0.4, -0.2) is 18.2 Å². The van der Waals surface area contributed by atoms with Crippen molar-refractivity contribution in [2.75, 3.05) is 12.4 Å². The number of hydrogen-bond acceptors (Lipinski definition) is 3. The van der Waals surface area contributed by atoms with E-state index < -0.39 is 17.8 Å². The van der Waals surface area contributed by atoms with Gasteiger partial charge in [0.2, 0.25) is 0 Å². The zero-order valence-electron chi connectivity index (χ0n) is 11.1. The summed E-state index contributed by atoms with van der Waals surface area (Å²) < 4.78 is 19.5. The van der Waals surface area contributed by atoms with Gasteiger partial charge in [-0.15, -0.1) is 0 Å². The number of rotatable bonds is 5. The molecule has 1 unspecified atom stereocenters. The van der Waals surface area contributed by atoms with E-state index in [1.54, 1.807) is 31.4 Å². The average Bonchev–Trinajstić information content (AvgIpc) is 2.48. The van der Waals surface area contributed by atoms with Crippen LogP contribution in [0.25, 0.3) is 0 Å². The molecule has 0 saturated carbocycles. The van der Waals surface area contributed by atoms with Gasteiger partial charge in [0.1, 0.15) is 11.6 Å². The second-order valence-electron chi connectivity index (χ2n) is 4.31. The predicted molar refractivity (Wildman–Crippen MR) is 81.1 cm³/mol. The van der Waals surface area contributed by atoms with E-state index >= 15 is 0 Å². The largest absolute Gasteiger partial charge is 0.497 e. The molecule has 0 aliphatic carbocycles. The molecule has 0 bridgehead atoms. The molecule has 0 aliphatic heterocycles. The van der Waals surface area contributed by atoms with Crippen molar-refractivity contribution in [1.82, 2.24) is 0 Å². The standard InChI is InChI=1S/C15H13BrFNO3/c1-21-11-5-3-10(4-6-11)18-14(15(19)20)12-8-9(16)2-7-13(12)17/h2-8,14,18H,1H3,(H,19,20). The molecule has 6 heteroatoms. The Labute approximate surface area is 129 Å². The first-order valence-electron chi connectivity index (χ1n) is 6.09. The zero-order valence-corrected chi connectivity index (χ0v) is 12.7. The fourth-order valence-electron chi connectivity index (χ4n) is 1.86. The summed E-state index contributed by atoms with van der Waals surface area (Å²) in [6.07, 6.45) is 0. The molecule has 0 spiro atoms. The zero-order chi connectivity index (χ0) is 15.4. The summed E-state index contributed by atoms with van der Waals surface area (Å²) in [5, 5.41) is 12.1. The minimum Gasteiger partial charge on any atom is -0.497 e. The number of anilines is 1. The maximum absolute atomic E-state index is 13.9. The molecular formula is C15H13BrFNO3. The average molecular weight is 354 g/mol. The van der Waals surface area contributed by atoms with Gasteiger partial charge in [0.15, 0.2) is 6.04 Å². The van der Waals surface area contributed by atoms with Crippen LogP contribution in [0.15, 0.2) is 46.9 Å². The maximum Gasteiger partial charge on any atom is 0.330 e. The van der Waals surface area contributed by atoms with Crippen LogP contribution in [-0.2, 0) is 4.79 Å². The lowest BCUT2D eigenvalue weighted by atomic mass is 10.1. The Morgan fingerprint density at radius 3 is 2.52 bits per heavy atom. The van der Waals surface area contributed by atoms with E-state index in [1.807, 2.05) is 0 Å². The van der Waals surface area contributed by atoms with Crippen LogP contribution in [0, 0.1) is 5.82 Å². The maximum atomic E-state index is 13.9. The van der Waals surface area contributed by atoms with Crippen LogP contribution in [0.5, 0.6) is 5.75 Å². The molecule has 2 aromatic rings. The Morgan fingerprint density at radius 2 is 1.95 bits per heavy atom. The number of ether oxygens (including phenoxy) is 1. The van der Waals surface area contributed by atoms with Gasteiger partial charge in [-0.2, -0.15) is 0 Å². The second-order valence-corrected chi connectivity index (χ2v) is 5.23. The molecule has 2 rings (SSSR count). The normalized spacial score (nSPS) is 11.8. The summed E-state index contributed by atoms with van der Waals surface area (Å²) in [4.78, 5) is 11.4. The molecule has 21 heavy (non-hydrogen) atoms. The smallest absolute Gasteiger partial charge is 0.330 e. The van der Waals surface area contributed by atoms with Crippen molar-refractivity contribution in [1.29, 1.82) is 0 Å². The van der Waals surface area contributed by atoms with E-state index in [0.717, 1.165) is 0 Å². The number of aliphatic carboxylic acids is 1. The summed E-state index contributed by atoms with van der Waals surface area (Å²) in [5.41, 5.74) is 0.621. The molecular weight excluding hydrogens is 341 g/mol. The molecule has 2 N–H and O–H groups in total. The van der Waals surface area contributed by atoms with Crippen LogP contribution in [0.2, 0.25) is 0 Å². The number of carboxylic acid groups (broad SMARTS) is 1. The Morgan fingerprint density at radius 1 is 1.29 bits per heavy atom. The molecule has 0 heterocycles. The Bertz CT molecular complexity index is 646. The van der Waals surface area contributed by atoms with Crippen molar-refractivity contribution in [3.63, 3.8) is 0 Å². The van der Waals surface area contributed by atoms with Crippen molar-refractivity contribution in [3.05, 3.63) is 58.3 Å². The number of hydrogen-bond donors (Lipinski definition) is 2. The first-order valence-corrected chi connectivity index (χ1v) is 6.89. The van der Waals surface area contributed by atoms with Gasteiger partial charge in [-0.3, -0.25) is 0 Å². The molecule has 2 aromatic carbocycles. The van der Waals surface area contributed by atoms with E-state index in [-0.39, 0.29) is 5.56 Å². The van der Waals surface area contributed by atoms with Crippen LogP contribution >= 0.6 is 15.9 Å². The predicted octanol–water partition coefficient (Wildman–Crippen LogP) is 3.83. The highest BCUT2D eigenvalue weighted by Crippen LogP contribution is 2.26. The topological polar surface area (TPSA) is 58.6 Å². The minimum atomic E-state index is -1.18. The molecule has 4 nitrogen and oxygen atoms in total. The quantitative estimate of drug-likeness (QED) is 0.857. The van der Waals surface area contributed by atoms with Crippen molar-refractivity contribution in [2.45, 2.75) is 6.04 Å². The van der Waals surface area contributed by atoms with E-state index in [4.69, 9.17) is 4.74 Å². The van der Waals surface area contributed by atoms with Gasteiger partial charge < -0.3 is 15.2 Å². The molecule has 0 aromatic heterocycles. The Hall–Kier alpha value is -2.08. The summed E-state index contributed by atoms with van der Waals surface area (Å²) in [7, 11) is 1.54. The van der Waals surface area contributed by atoms with E-state index in [0.29, 0.717) is 15.9 Å². The lowest BCUT2D eigenvalue weighted by Gasteiger charge is -2.17. The van der Waals surface area contributed by atoms with Crippen LogP contribution in [0.4, 0.5) is 10.1 Å². The van der Waals surface area contributed by atoms with Crippen molar-refractivity contribution >= 4 is 27.6 Å². The van der Waals surface area contributed by atoms with Crippen molar-refractivity contribution in [3.8, 4) is 5.75 Å². The molecule has 0 aliphatic rings. The number of carbonyl (C=O) groups is 1. The van der Waals surface area contributed by atoms with Crippen LogP contribution in [0.1, 0.15) is 11.6 Å². The summed E-state index contributed by atoms with van der Waals surface area (Å²) in [5.74, 6) is -1.09. The summed E-state index contributed by atoms with van der Waals surface area (Å²) in [6.45, 7) is 0. The van der Waals surface area contributed by atoms with Crippen LogP contribution in [0.3, 0.4) is 0 Å².